The minimum Gasteiger partial charge on any atom is -0.211 e. The number of aromatic nitrogens is 4. The van der Waals surface area contributed by atoms with Crippen molar-refractivity contribution in [3.05, 3.63) is 83.3 Å². The van der Waals surface area contributed by atoms with Crippen molar-refractivity contribution in [1.82, 2.24) is 19.6 Å². The van der Waals surface area contributed by atoms with E-state index in [0.29, 0.717) is 5.78 Å². The quantitative estimate of drug-likeness (QED) is 0.499. The van der Waals surface area contributed by atoms with E-state index in [9.17, 15) is 8.78 Å². The molecule has 0 bridgehead atoms. The molecule has 0 spiro atoms. The lowest BCUT2D eigenvalue weighted by molar-refractivity contribution is 0.627. The fraction of sp³-hybridized carbons (Fsp3) is 0.136. The molecular weight excluding hydrogens is 358 g/mol. The molecule has 0 radical (unpaired) electrons. The fourth-order valence-corrected chi connectivity index (χ4v) is 3.76. The SMILES string of the molecule is Fc1ccc(C=C2CCCc3c2nc2ncnn2c3-c2ccc(F)cc2)cc1. The third-order valence-corrected chi connectivity index (χ3v) is 5.03. The molecule has 0 fully saturated rings. The molecule has 2 aromatic heterocycles. The van der Waals surface area contributed by atoms with Crippen LogP contribution in [0.4, 0.5) is 8.78 Å². The normalized spacial score (nSPS) is 15.1. The van der Waals surface area contributed by atoms with Crippen LogP contribution in [0.5, 0.6) is 0 Å². The zero-order chi connectivity index (χ0) is 19.1. The Morgan fingerprint density at radius 1 is 0.893 bits per heavy atom. The number of rotatable bonds is 2. The number of hydrogen-bond acceptors (Lipinski definition) is 3. The van der Waals surface area contributed by atoms with Crippen LogP contribution in [-0.2, 0) is 6.42 Å². The summed E-state index contributed by atoms with van der Waals surface area (Å²) in [6.45, 7) is 0. The van der Waals surface area contributed by atoms with Gasteiger partial charge in [-0.15, -0.1) is 0 Å². The topological polar surface area (TPSA) is 43.1 Å². The van der Waals surface area contributed by atoms with E-state index < -0.39 is 0 Å². The average molecular weight is 374 g/mol. The summed E-state index contributed by atoms with van der Waals surface area (Å²) in [6.07, 6.45) is 6.22. The van der Waals surface area contributed by atoms with Gasteiger partial charge >= 0.3 is 0 Å². The highest BCUT2D eigenvalue weighted by atomic mass is 19.1. The lowest BCUT2D eigenvalue weighted by atomic mass is 9.87. The van der Waals surface area contributed by atoms with Crippen molar-refractivity contribution in [2.24, 2.45) is 0 Å². The summed E-state index contributed by atoms with van der Waals surface area (Å²) in [5, 5.41) is 4.33. The van der Waals surface area contributed by atoms with Gasteiger partial charge in [0.1, 0.15) is 18.0 Å². The maximum atomic E-state index is 13.4. The Morgan fingerprint density at radius 2 is 1.61 bits per heavy atom. The van der Waals surface area contributed by atoms with Gasteiger partial charge in [-0.3, -0.25) is 0 Å². The highest BCUT2D eigenvalue weighted by Crippen LogP contribution is 2.37. The van der Waals surface area contributed by atoms with Gasteiger partial charge in [-0.05, 0) is 72.9 Å². The van der Waals surface area contributed by atoms with Crippen molar-refractivity contribution < 1.29 is 8.78 Å². The average Bonchev–Trinajstić information content (AvgIpc) is 3.17. The molecule has 0 saturated heterocycles. The number of hydrogen-bond donors (Lipinski definition) is 0. The van der Waals surface area contributed by atoms with E-state index in [1.54, 1.807) is 28.8 Å². The first kappa shape index (κ1) is 16.7. The minimum absolute atomic E-state index is 0.256. The summed E-state index contributed by atoms with van der Waals surface area (Å²) in [5.41, 5.74) is 5.73. The third-order valence-electron chi connectivity index (χ3n) is 5.03. The van der Waals surface area contributed by atoms with E-state index in [-0.39, 0.29) is 11.6 Å². The molecular formula is C22H16F2N4. The van der Waals surface area contributed by atoms with Gasteiger partial charge < -0.3 is 0 Å². The van der Waals surface area contributed by atoms with E-state index in [0.717, 1.165) is 52.9 Å². The van der Waals surface area contributed by atoms with E-state index in [1.165, 1.54) is 30.6 Å². The lowest BCUT2D eigenvalue weighted by Gasteiger charge is -2.22. The monoisotopic (exact) mass is 374 g/mol. The minimum atomic E-state index is -0.279. The van der Waals surface area contributed by atoms with E-state index in [1.807, 2.05) is 6.08 Å². The van der Waals surface area contributed by atoms with Gasteiger partial charge in [0.2, 0.25) is 0 Å². The first-order chi connectivity index (χ1) is 13.7. The maximum absolute atomic E-state index is 13.4. The molecule has 6 heteroatoms. The van der Waals surface area contributed by atoms with Crippen LogP contribution in [0.3, 0.4) is 0 Å². The predicted octanol–water partition coefficient (Wildman–Crippen LogP) is 4.95. The molecule has 5 rings (SSSR count). The zero-order valence-corrected chi connectivity index (χ0v) is 14.9. The second-order valence-corrected chi connectivity index (χ2v) is 6.84. The molecule has 0 amide bonds. The molecule has 2 heterocycles. The Kier molecular flexibility index (Phi) is 3.97. The van der Waals surface area contributed by atoms with Gasteiger partial charge in [-0.1, -0.05) is 12.1 Å². The van der Waals surface area contributed by atoms with Crippen LogP contribution in [0.25, 0.3) is 28.7 Å². The third kappa shape index (κ3) is 2.87. The summed E-state index contributed by atoms with van der Waals surface area (Å²) >= 11 is 0. The Morgan fingerprint density at radius 3 is 2.36 bits per heavy atom. The molecule has 0 aliphatic heterocycles. The van der Waals surface area contributed by atoms with Gasteiger partial charge in [0.15, 0.2) is 0 Å². The van der Waals surface area contributed by atoms with Gasteiger partial charge in [-0.25, -0.2) is 13.8 Å². The van der Waals surface area contributed by atoms with Gasteiger partial charge in [0, 0.05) is 11.1 Å². The van der Waals surface area contributed by atoms with Crippen molar-refractivity contribution in [2.75, 3.05) is 0 Å². The van der Waals surface area contributed by atoms with Crippen molar-refractivity contribution >= 4 is 17.4 Å². The van der Waals surface area contributed by atoms with Gasteiger partial charge in [0.05, 0.1) is 11.4 Å². The second-order valence-electron chi connectivity index (χ2n) is 6.84. The molecule has 0 atom stereocenters. The predicted molar refractivity (Wildman–Crippen MR) is 103 cm³/mol. The lowest BCUT2D eigenvalue weighted by Crippen LogP contribution is -2.11. The van der Waals surface area contributed by atoms with Crippen LogP contribution < -0.4 is 0 Å². The maximum Gasteiger partial charge on any atom is 0.253 e. The molecule has 0 unspecified atom stereocenters. The summed E-state index contributed by atoms with van der Waals surface area (Å²) in [4.78, 5) is 9.02. The van der Waals surface area contributed by atoms with E-state index in [2.05, 4.69) is 10.1 Å². The van der Waals surface area contributed by atoms with Crippen LogP contribution in [0, 0.1) is 11.6 Å². The Labute approximate surface area is 160 Å². The summed E-state index contributed by atoms with van der Waals surface area (Å²) < 4.78 is 28.4. The Bertz CT molecular complexity index is 1190. The molecule has 0 N–H and O–H groups in total. The second kappa shape index (κ2) is 6.64. The number of fused-ring (bicyclic) bond motifs is 2. The van der Waals surface area contributed by atoms with Gasteiger partial charge in [-0.2, -0.15) is 14.6 Å². The zero-order valence-electron chi connectivity index (χ0n) is 14.9. The first-order valence-corrected chi connectivity index (χ1v) is 9.14. The van der Waals surface area contributed by atoms with Crippen molar-refractivity contribution in [1.29, 1.82) is 0 Å². The summed E-state index contributed by atoms with van der Waals surface area (Å²) in [5.74, 6) is -0.0310. The molecule has 28 heavy (non-hydrogen) atoms. The highest BCUT2D eigenvalue weighted by Gasteiger charge is 2.23. The number of halogens is 2. The van der Waals surface area contributed by atoms with Crippen LogP contribution in [-0.4, -0.2) is 19.6 Å². The number of nitrogens with zero attached hydrogens (tertiary/aromatic N) is 4. The Balaban J connectivity index is 1.73. The van der Waals surface area contributed by atoms with Crippen molar-refractivity contribution in [3.63, 3.8) is 0 Å². The number of benzene rings is 2. The number of allylic oxidation sites excluding steroid dienone is 1. The van der Waals surface area contributed by atoms with Crippen molar-refractivity contribution in [3.8, 4) is 11.3 Å². The largest absolute Gasteiger partial charge is 0.253 e. The molecule has 0 saturated carbocycles. The summed E-state index contributed by atoms with van der Waals surface area (Å²) in [7, 11) is 0. The molecule has 4 aromatic rings. The van der Waals surface area contributed by atoms with Crippen LogP contribution in [0.1, 0.15) is 29.7 Å². The molecule has 1 aliphatic carbocycles. The van der Waals surface area contributed by atoms with E-state index in [4.69, 9.17) is 4.98 Å². The first-order valence-electron chi connectivity index (χ1n) is 9.14. The molecule has 2 aromatic carbocycles. The Hall–Kier alpha value is -3.41. The van der Waals surface area contributed by atoms with Crippen LogP contribution >= 0.6 is 0 Å². The highest BCUT2D eigenvalue weighted by molar-refractivity contribution is 5.85. The van der Waals surface area contributed by atoms with Gasteiger partial charge in [0.25, 0.3) is 5.78 Å². The molecule has 138 valence electrons. The molecule has 1 aliphatic rings. The van der Waals surface area contributed by atoms with Crippen molar-refractivity contribution in [2.45, 2.75) is 19.3 Å². The standard InChI is InChI=1S/C22H16F2N4/c23-17-8-4-14(5-9-17)12-16-2-1-3-19-20(16)27-22-25-13-26-28(22)21(19)15-6-10-18(24)11-7-15/h4-13H,1-3H2. The molecule has 4 nitrogen and oxygen atoms in total. The van der Waals surface area contributed by atoms with Crippen LogP contribution in [0.15, 0.2) is 54.9 Å². The fourth-order valence-electron chi connectivity index (χ4n) is 3.76. The smallest absolute Gasteiger partial charge is 0.211 e. The van der Waals surface area contributed by atoms with Crippen LogP contribution in [0.2, 0.25) is 0 Å². The van der Waals surface area contributed by atoms with E-state index >= 15 is 0 Å². The summed E-state index contributed by atoms with van der Waals surface area (Å²) in [6, 6.07) is 12.8.